The minimum absolute atomic E-state index is 0.00539. The smallest absolute Gasteiger partial charge is 0.252 e. The molecule has 0 atom stereocenters. The molecule has 1 aliphatic heterocycles. The van der Waals surface area contributed by atoms with E-state index in [9.17, 15) is 14.7 Å². The molecule has 1 aliphatic rings. The molecule has 0 bridgehead atoms. The van der Waals surface area contributed by atoms with Crippen LogP contribution in [0.5, 0.6) is 0 Å². The first-order chi connectivity index (χ1) is 12.5. The number of aliphatic hydroxyl groups is 1. The lowest BCUT2D eigenvalue weighted by molar-refractivity contribution is -0.155. The fraction of sp³-hybridized carbons (Fsp3) is 0.500. The summed E-state index contributed by atoms with van der Waals surface area (Å²) in [7, 11) is 0. The lowest BCUT2D eigenvalue weighted by atomic mass is 9.93. The summed E-state index contributed by atoms with van der Waals surface area (Å²) in [6, 6.07) is 5.57. The summed E-state index contributed by atoms with van der Waals surface area (Å²) in [6.07, 6.45) is 4.19. The van der Waals surface area contributed by atoms with E-state index in [2.05, 4.69) is 5.16 Å². The molecule has 0 radical (unpaired) electrons. The van der Waals surface area contributed by atoms with E-state index in [1.165, 1.54) is 0 Å². The summed E-state index contributed by atoms with van der Waals surface area (Å²) in [6.45, 7) is 1.47. The topological polar surface area (TPSA) is 110 Å². The van der Waals surface area contributed by atoms with Crippen molar-refractivity contribution in [3.63, 3.8) is 0 Å². The molecule has 1 amide bonds. The Morgan fingerprint density at radius 3 is 2.77 bits per heavy atom. The average molecular weight is 377 g/mol. The van der Waals surface area contributed by atoms with Crippen molar-refractivity contribution in [2.75, 3.05) is 19.6 Å². The van der Waals surface area contributed by atoms with Crippen molar-refractivity contribution in [2.45, 2.75) is 37.7 Å². The number of hydrogen-bond donors (Lipinski definition) is 2. The predicted molar refractivity (Wildman–Crippen MR) is 97.8 cm³/mol. The van der Waals surface area contributed by atoms with Crippen molar-refractivity contribution in [1.29, 1.82) is 0 Å². The lowest BCUT2D eigenvalue weighted by Crippen LogP contribution is -2.67. The van der Waals surface area contributed by atoms with Crippen LogP contribution in [0.25, 0.3) is 10.6 Å². The molecule has 3 heterocycles. The van der Waals surface area contributed by atoms with Crippen molar-refractivity contribution in [3.8, 4) is 10.6 Å². The van der Waals surface area contributed by atoms with Crippen LogP contribution < -0.4 is 5.73 Å². The van der Waals surface area contributed by atoms with Gasteiger partial charge in [-0.15, -0.1) is 11.3 Å². The standard InChI is InChI=1S/C18H23N3O4S/c19-17(23)18(24)11-21(12-18)8-4-2-1-3-6-14(22)13-10-15(25-20-13)16-7-5-9-26-16/h5,7,9-10,24H,1-4,6,8,11-12H2,(H2,19,23). The highest BCUT2D eigenvalue weighted by Crippen LogP contribution is 2.25. The van der Waals surface area contributed by atoms with Crippen LogP contribution in [0.1, 0.15) is 42.6 Å². The zero-order valence-electron chi connectivity index (χ0n) is 14.5. The number of carbonyl (C=O) groups is 2. The third kappa shape index (κ3) is 4.38. The third-order valence-corrected chi connectivity index (χ3v) is 5.50. The number of aromatic nitrogens is 1. The number of ketones is 1. The Morgan fingerprint density at radius 1 is 1.31 bits per heavy atom. The molecular weight excluding hydrogens is 354 g/mol. The van der Waals surface area contributed by atoms with E-state index in [1.807, 2.05) is 22.4 Å². The van der Waals surface area contributed by atoms with Crippen LogP contribution in [0.2, 0.25) is 0 Å². The minimum atomic E-state index is -1.34. The van der Waals surface area contributed by atoms with Crippen LogP contribution in [-0.2, 0) is 4.79 Å². The lowest BCUT2D eigenvalue weighted by Gasteiger charge is -2.44. The fourth-order valence-electron chi connectivity index (χ4n) is 3.05. The van der Waals surface area contributed by atoms with Crippen molar-refractivity contribution < 1.29 is 19.2 Å². The first kappa shape index (κ1) is 18.8. The van der Waals surface area contributed by atoms with Gasteiger partial charge in [0.1, 0.15) is 5.69 Å². The van der Waals surface area contributed by atoms with Crippen molar-refractivity contribution in [1.82, 2.24) is 10.1 Å². The number of thiophene rings is 1. The highest BCUT2D eigenvalue weighted by Gasteiger charge is 2.45. The molecule has 0 aliphatic carbocycles. The SMILES string of the molecule is NC(=O)C1(O)CN(CCCCCCC(=O)c2cc(-c3cccs3)on2)C1. The quantitative estimate of drug-likeness (QED) is 0.484. The molecule has 7 nitrogen and oxygen atoms in total. The van der Waals surface area contributed by atoms with E-state index < -0.39 is 11.5 Å². The number of rotatable bonds is 10. The molecule has 1 saturated heterocycles. The number of β-amino-alcohol motifs (C(OH)–C–C–N with tert-alkyl or cyclic N) is 1. The van der Waals surface area contributed by atoms with Crippen LogP contribution >= 0.6 is 11.3 Å². The fourth-order valence-corrected chi connectivity index (χ4v) is 3.72. The second kappa shape index (κ2) is 8.11. The van der Waals surface area contributed by atoms with Crippen LogP contribution in [0, 0.1) is 0 Å². The predicted octanol–water partition coefficient (Wildman–Crippen LogP) is 2.07. The molecule has 0 unspecified atom stereocenters. The Bertz CT molecular complexity index is 750. The second-order valence-electron chi connectivity index (χ2n) is 6.75. The molecular formula is C18H23N3O4S. The molecule has 0 saturated carbocycles. The van der Waals surface area contributed by atoms with E-state index >= 15 is 0 Å². The van der Waals surface area contributed by atoms with Gasteiger partial charge < -0.3 is 15.4 Å². The number of unbranched alkanes of at least 4 members (excludes halogenated alkanes) is 3. The minimum Gasteiger partial charge on any atom is -0.377 e. The van der Waals surface area contributed by atoms with Crippen LogP contribution in [0.4, 0.5) is 0 Å². The summed E-state index contributed by atoms with van der Waals surface area (Å²) in [5, 5.41) is 15.6. The summed E-state index contributed by atoms with van der Waals surface area (Å²) in [5.41, 5.74) is 4.18. The summed E-state index contributed by atoms with van der Waals surface area (Å²) in [4.78, 5) is 26.2. The summed E-state index contributed by atoms with van der Waals surface area (Å²) < 4.78 is 5.23. The van der Waals surface area contributed by atoms with E-state index in [0.29, 0.717) is 31.0 Å². The monoisotopic (exact) mass is 377 g/mol. The molecule has 0 aromatic carbocycles. The van der Waals surface area contributed by atoms with E-state index in [1.54, 1.807) is 17.4 Å². The van der Waals surface area contributed by atoms with Crippen molar-refractivity contribution in [3.05, 3.63) is 29.3 Å². The Hall–Kier alpha value is -2.03. The van der Waals surface area contributed by atoms with Gasteiger partial charge in [0.25, 0.3) is 5.91 Å². The van der Waals surface area contributed by atoms with Gasteiger partial charge in [-0.05, 0) is 30.8 Å². The number of Topliss-reactive ketones (excluding diaryl/α,β-unsaturated/α-hetero) is 1. The maximum Gasteiger partial charge on any atom is 0.252 e. The third-order valence-electron chi connectivity index (χ3n) is 4.62. The maximum atomic E-state index is 12.2. The number of amides is 1. The molecule has 2 aromatic heterocycles. The number of nitrogens with two attached hydrogens (primary N) is 1. The Morgan fingerprint density at radius 2 is 2.08 bits per heavy atom. The second-order valence-corrected chi connectivity index (χ2v) is 7.70. The molecule has 8 heteroatoms. The van der Waals surface area contributed by atoms with Crippen molar-refractivity contribution >= 4 is 23.0 Å². The van der Waals surface area contributed by atoms with Crippen molar-refractivity contribution in [2.24, 2.45) is 5.73 Å². The zero-order valence-corrected chi connectivity index (χ0v) is 15.3. The Kier molecular flexibility index (Phi) is 5.85. The number of hydrogen-bond acceptors (Lipinski definition) is 7. The zero-order chi connectivity index (χ0) is 18.6. The van der Waals surface area contributed by atoms with E-state index in [0.717, 1.165) is 37.1 Å². The van der Waals surface area contributed by atoms with E-state index in [4.69, 9.17) is 10.3 Å². The van der Waals surface area contributed by atoms with Gasteiger partial charge in [-0.2, -0.15) is 0 Å². The molecule has 3 N–H and O–H groups in total. The van der Waals surface area contributed by atoms with Gasteiger partial charge >= 0.3 is 0 Å². The highest BCUT2D eigenvalue weighted by atomic mass is 32.1. The van der Waals surface area contributed by atoms with Gasteiger partial charge in [0.2, 0.25) is 0 Å². The molecule has 26 heavy (non-hydrogen) atoms. The van der Waals surface area contributed by atoms with Crippen LogP contribution in [0.15, 0.2) is 28.1 Å². The first-order valence-electron chi connectivity index (χ1n) is 8.76. The van der Waals surface area contributed by atoms with Gasteiger partial charge in [-0.25, -0.2) is 0 Å². The summed E-state index contributed by atoms with van der Waals surface area (Å²) in [5.74, 6) is -0.0120. The number of carbonyl (C=O) groups excluding carboxylic acids is 2. The molecule has 2 aromatic rings. The van der Waals surface area contributed by atoms with Crippen LogP contribution in [0.3, 0.4) is 0 Å². The molecule has 1 fully saturated rings. The Balaban J connectivity index is 1.29. The average Bonchev–Trinajstić information content (AvgIpc) is 3.26. The summed E-state index contributed by atoms with van der Waals surface area (Å²) >= 11 is 1.55. The van der Waals surface area contributed by atoms with Gasteiger partial charge in [-0.1, -0.05) is 24.1 Å². The molecule has 140 valence electrons. The molecule has 0 spiro atoms. The van der Waals surface area contributed by atoms with Gasteiger partial charge in [0, 0.05) is 25.6 Å². The molecule has 3 rings (SSSR count). The van der Waals surface area contributed by atoms with Gasteiger partial charge in [0.15, 0.2) is 17.1 Å². The highest BCUT2D eigenvalue weighted by molar-refractivity contribution is 7.13. The van der Waals surface area contributed by atoms with Gasteiger partial charge in [-0.3, -0.25) is 14.5 Å². The Labute approximate surface area is 155 Å². The maximum absolute atomic E-state index is 12.2. The normalized spacial score (nSPS) is 16.3. The number of primary amides is 1. The number of nitrogens with zero attached hydrogens (tertiary/aromatic N) is 2. The van der Waals surface area contributed by atoms with Gasteiger partial charge in [0.05, 0.1) is 4.88 Å². The first-order valence-corrected chi connectivity index (χ1v) is 9.64. The van der Waals surface area contributed by atoms with Crippen LogP contribution in [-0.4, -0.2) is 52.1 Å². The number of likely N-dealkylation sites (tertiary alicyclic amines) is 1. The largest absolute Gasteiger partial charge is 0.377 e. The van der Waals surface area contributed by atoms with E-state index in [-0.39, 0.29) is 5.78 Å².